The van der Waals surface area contributed by atoms with Gasteiger partial charge in [-0.1, -0.05) is 243 Å². The van der Waals surface area contributed by atoms with E-state index in [1.165, 1.54) is 44.5 Å². The average Bonchev–Trinajstić information content (AvgIpc) is 1.59. The van der Waals surface area contributed by atoms with Gasteiger partial charge in [0.15, 0.2) is 0 Å². The fraction of sp³-hybridized carbons (Fsp3) is 0.435. The minimum absolute atomic E-state index is 0.0487. The van der Waals surface area contributed by atoms with E-state index < -0.39 is 0 Å². The van der Waals surface area contributed by atoms with Crippen LogP contribution in [0.15, 0.2) is 243 Å². The van der Waals surface area contributed by atoms with Crippen molar-refractivity contribution in [2.75, 3.05) is 0 Å². The standard InChI is InChI=1S/C92H96O4/c93-89-81-65-41-43-67(44-42-65)83-75(59-29-13-3-14-30-59)76(60-31-15-4-16-32-60)85(90(83)94)69-49-51-71(52-50-69)87-79(63-37-21-7-22-38-63)80(64-39-23-8-24-40-64)88(92(87)96)72-55-53-70(54-56-72)86-78(62-35-19-6-20-36-62)77(61-33-17-5-18-34-61)84(91(86)95)68-47-45-66(46-48-68)82(89)74(58-27-11-2-12-28-58)73(81)57-25-9-1-10-26-57/h1-40,65-88H,41-56H2. The monoisotopic (exact) mass is 1260 g/mol. The summed E-state index contributed by atoms with van der Waals surface area (Å²) in [6.45, 7) is 0. The highest BCUT2D eigenvalue weighted by molar-refractivity contribution is 5.92. The summed E-state index contributed by atoms with van der Waals surface area (Å²) in [5, 5.41) is 0. The van der Waals surface area contributed by atoms with Crippen molar-refractivity contribution >= 4 is 23.1 Å². The molecule has 15 aliphatic carbocycles. The molecule has 15 saturated carbocycles. The summed E-state index contributed by atoms with van der Waals surface area (Å²) in [5.41, 5.74) is 10.3. The van der Waals surface area contributed by atoms with Crippen molar-refractivity contribution in [2.45, 2.75) is 150 Å². The second-order valence-electron chi connectivity index (χ2n) is 32.0. The van der Waals surface area contributed by atoms with Crippen LogP contribution in [-0.4, -0.2) is 23.1 Å². The predicted octanol–water partition coefficient (Wildman–Crippen LogP) is 20.8. The van der Waals surface area contributed by atoms with Crippen LogP contribution in [0.3, 0.4) is 0 Å². The first-order valence-corrected chi connectivity index (χ1v) is 37.9. The van der Waals surface area contributed by atoms with Crippen molar-refractivity contribution in [3.63, 3.8) is 0 Å². The SMILES string of the molecule is O=C1C2C3CCC(CC3)C3C(=O)C(C4CCC(CC4)C4C(=O)C(C5CCC(CC5)C5C(=O)C(C6CCC(CC6)C1C(c1ccccc1)C2c1ccccc1)C(c1ccccc1)C5c1ccccc1)C(c1ccccc1)C4c1ccccc1)C(c1ccccc1)C3c1ccccc1. The Balaban J connectivity index is 0.785. The van der Waals surface area contributed by atoms with Crippen LogP contribution >= 0.6 is 0 Å². The van der Waals surface area contributed by atoms with Crippen molar-refractivity contribution in [2.24, 2.45) is 94.7 Å². The highest BCUT2D eigenvalue weighted by Gasteiger charge is 2.63. The Bertz CT molecular complexity index is 3180. The summed E-state index contributed by atoms with van der Waals surface area (Å²) in [6.07, 6.45) is 15.1. The summed E-state index contributed by atoms with van der Waals surface area (Å²) in [7, 11) is 0. The third-order valence-electron chi connectivity index (χ3n) is 28.1. The van der Waals surface area contributed by atoms with Gasteiger partial charge in [-0.05, 0) is 195 Å². The van der Waals surface area contributed by atoms with Crippen molar-refractivity contribution in [1.82, 2.24) is 0 Å². The van der Waals surface area contributed by atoms with Crippen LogP contribution in [0.4, 0.5) is 0 Å². The zero-order chi connectivity index (χ0) is 64.4. The third-order valence-corrected chi connectivity index (χ3v) is 28.1. The minimum Gasteiger partial charge on any atom is -0.299 e. The Morgan fingerprint density at radius 2 is 0.229 bits per heavy atom. The normalized spacial score (nSPS) is 37.4. The van der Waals surface area contributed by atoms with Crippen LogP contribution < -0.4 is 0 Å². The van der Waals surface area contributed by atoms with Gasteiger partial charge in [0.25, 0.3) is 0 Å². The topological polar surface area (TPSA) is 68.3 Å². The predicted molar refractivity (Wildman–Crippen MR) is 383 cm³/mol. The van der Waals surface area contributed by atoms with Gasteiger partial charge in [-0.3, -0.25) is 19.2 Å². The molecular formula is C92H96O4. The maximum Gasteiger partial charge on any atom is 0.140 e. The number of rotatable bonds is 8. The molecule has 16 bridgehead atoms. The van der Waals surface area contributed by atoms with Gasteiger partial charge in [0.05, 0.1) is 0 Å². The maximum atomic E-state index is 16.5. The van der Waals surface area contributed by atoms with E-state index in [2.05, 4.69) is 243 Å². The molecule has 15 aliphatic rings. The Hall–Kier alpha value is -7.56. The van der Waals surface area contributed by atoms with Crippen molar-refractivity contribution < 1.29 is 19.2 Å². The van der Waals surface area contributed by atoms with Gasteiger partial charge >= 0.3 is 0 Å². The van der Waals surface area contributed by atoms with E-state index >= 15 is 19.2 Å². The summed E-state index contributed by atoms with van der Waals surface area (Å²) < 4.78 is 0. The second kappa shape index (κ2) is 26.7. The lowest BCUT2D eigenvalue weighted by atomic mass is 9.64. The fourth-order valence-corrected chi connectivity index (χ4v) is 24.5. The molecule has 0 spiro atoms. The van der Waals surface area contributed by atoms with Crippen molar-refractivity contribution in [3.8, 4) is 0 Å². The van der Waals surface area contributed by atoms with Crippen LogP contribution in [0.25, 0.3) is 0 Å². The van der Waals surface area contributed by atoms with Gasteiger partial charge < -0.3 is 0 Å². The molecular weight excluding hydrogens is 1170 g/mol. The summed E-state index contributed by atoms with van der Waals surface area (Å²) in [4.78, 5) is 66.2. The molecule has 0 heterocycles. The maximum absolute atomic E-state index is 16.5. The molecule has 4 heteroatoms. The number of Topliss-reactive ketones (excluding diaryl/α,β-unsaturated/α-hetero) is 4. The second-order valence-corrected chi connectivity index (χ2v) is 32.0. The van der Waals surface area contributed by atoms with E-state index in [9.17, 15) is 0 Å². The molecule has 16 unspecified atom stereocenters. The molecule has 0 aliphatic heterocycles. The van der Waals surface area contributed by atoms with Gasteiger partial charge in [-0.15, -0.1) is 0 Å². The number of ketones is 4. The molecule has 0 saturated heterocycles. The molecule has 23 rings (SSSR count). The van der Waals surface area contributed by atoms with Gasteiger partial charge in [-0.2, -0.15) is 0 Å². The Morgan fingerprint density at radius 3 is 0.323 bits per heavy atom. The van der Waals surface area contributed by atoms with E-state index in [-0.39, 0.29) is 142 Å². The quantitative estimate of drug-likeness (QED) is 0.152. The van der Waals surface area contributed by atoms with Gasteiger partial charge in [0.2, 0.25) is 0 Å². The first-order valence-electron chi connectivity index (χ1n) is 37.9. The first kappa shape index (κ1) is 62.0. The van der Waals surface area contributed by atoms with E-state index in [0.29, 0.717) is 23.1 Å². The van der Waals surface area contributed by atoms with Crippen molar-refractivity contribution in [1.29, 1.82) is 0 Å². The largest absolute Gasteiger partial charge is 0.299 e. The summed E-state index contributed by atoms with van der Waals surface area (Å²) in [5.74, 6) is 3.06. The van der Waals surface area contributed by atoms with Crippen LogP contribution in [0, 0.1) is 94.7 Å². The lowest BCUT2D eigenvalue weighted by Gasteiger charge is -2.39. The van der Waals surface area contributed by atoms with Crippen LogP contribution in [0.2, 0.25) is 0 Å². The number of carbonyl (C=O) groups is 4. The molecule has 15 fully saturated rings. The smallest absolute Gasteiger partial charge is 0.140 e. The molecule has 0 amide bonds. The number of hydrogen-bond donors (Lipinski definition) is 0. The molecule has 96 heavy (non-hydrogen) atoms. The van der Waals surface area contributed by atoms with E-state index in [0.717, 1.165) is 103 Å². The average molecular weight is 1270 g/mol. The van der Waals surface area contributed by atoms with Crippen molar-refractivity contribution in [3.05, 3.63) is 287 Å². The highest BCUT2D eigenvalue weighted by atomic mass is 16.1. The van der Waals surface area contributed by atoms with Gasteiger partial charge in [0.1, 0.15) is 23.1 Å². The van der Waals surface area contributed by atoms with E-state index in [1.54, 1.807) is 0 Å². The Morgan fingerprint density at radius 1 is 0.135 bits per heavy atom. The first-order chi connectivity index (χ1) is 47.4. The fourth-order valence-electron chi connectivity index (χ4n) is 24.5. The summed E-state index contributed by atoms with van der Waals surface area (Å²) in [6, 6.07) is 89.3. The molecule has 0 aromatic heterocycles. The molecule has 4 nitrogen and oxygen atoms in total. The third kappa shape index (κ3) is 10.9. The van der Waals surface area contributed by atoms with Crippen LogP contribution in [0.5, 0.6) is 0 Å². The zero-order valence-electron chi connectivity index (χ0n) is 55.9. The van der Waals surface area contributed by atoms with Gasteiger partial charge in [0, 0.05) is 94.7 Å². The highest BCUT2D eigenvalue weighted by Crippen LogP contribution is 2.67. The van der Waals surface area contributed by atoms with Gasteiger partial charge in [-0.25, -0.2) is 0 Å². The molecule has 0 N–H and O–H groups in total. The molecule has 16 atom stereocenters. The Labute approximate surface area is 570 Å². The Kier molecular flexibility index (Phi) is 17.2. The van der Waals surface area contributed by atoms with E-state index in [1.807, 2.05) is 0 Å². The zero-order valence-corrected chi connectivity index (χ0v) is 55.9. The van der Waals surface area contributed by atoms with E-state index in [4.69, 9.17) is 0 Å². The molecule has 8 aromatic carbocycles. The molecule has 0 radical (unpaired) electrons. The lowest BCUT2D eigenvalue weighted by Crippen LogP contribution is -2.37. The summed E-state index contributed by atoms with van der Waals surface area (Å²) >= 11 is 0. The number of benzene rings is 8. The number of carbonyl (C=O) groups excluding carboxylic acids is 4. The molecule has 488 valence electrons. The minimum atomic E-state index is -0.120. The lowest BCUT2D eigenvalue weighted by molar-refractivity contribution is -0.131. The van der Waals surface area contributed by atoms with Crippen LogP contribution in [0.1, 0.15) is 195 Å². The molecule has 8 aromatic rings. The number of hydrogen-bond acceptors (Lipinski definition) is 4. The van der Waals surface area contributed by atoms with Crippen LogP contribution in [-0.2, 0) is 19.2 Å².